The minimum Gasteiger partial charge on any atom is -0.328 e. The number of nitrogens with one attached hydrogen (secondary N) is 2. The van der Waals surface area contributed by atoms with E-state index in [1.165, 1.54) is 0 Å². The van der Waals surface area contributed by atoms with Crippen LogP contribution in [0.1, 0.15) is 18.5 Å². The van der Waals surface area contributed by atoms with E-state index in [-0.39, 0.29) is 17.6 Å². The molecule has 0 fully saturated rings. The van der Waals surface area contributed by atoms with Gasteiger partial charge in [0.1, 0.15) is 0 Å². The van der Waals surface area contributed by atoms with Gasteiger partial charge in [0.05, 0.1) is 6.04 Å². The van der Waals surface area contributed by atoms with Crippen molar-refractivity contribution in [2.75, 3.05) is 12.4 Å². The Balaban J connectivity index is 1.86. The molecule has 0 aliphatic rings. The van der Waals surface area contributed by atoms with E-state index in [2.05, 4.69) is 10.3 Å². The van der Waals surface area contributed by atoms with E-state index < -0.39 is 0 Å². The van der Waals surface area contributed by atoms with Crippen molar-refractivity contribution in [1.29, 1.82) is 0 Å². The van der Waals surface area contributed by atoms with Gasteiger partial charge in [0.15, 0.2) is 0 Å². The lowest BCUT2D eigenvalue weighted by atomic mass is 10.0. The molecule has 1 atom stereocenters. The van der Waals surface area contributed by atoms with Crippen molar-refractivity contribution in [3.8, 4) is 0 Å². The summed E-state index contributed by atoms with van der Waals surface area (Å²) in [4.78, 5) is 28.8. The van der Waals surface area contributed by atoms with E-state index >= 15 is 0 Å². The Kier molecular flexibility index (Phi) is 4.76. The van der Waals surface area contributed by atoms with Crippen molar-refractivity contribution in [3.63, 3.8) is 0 Å². The highest BCUT2D eigenvalue weighted by Gasteiger charge is 2.20. The molecule has 5 nitrogen and oxygen atoms in total. The third kappa shape index (κ3) is 3.51. The molecule has 0 saturated carbocycles. The van der Waals surface area contributed by atoms with E-state index in [0.717, 1.165) is 10.9 Å². The SMILES string of the molecule is CC(c1c[nH]c(=O)c2ccccc12)N(C)C(=O)Nc1ccc(Cl)cc1. The molecule has 6 heteroatoms. The molecule has 0 bridgehead atoms. The first-order valence-electron chi connectivity index (χ1n) is 7.87. The number of hydrogen-bond acceptors (Lipinski definition) is 2. The van der Waals surface area contributed by atoms with Gasteiger partial charge in [0, 0.05) is 29.3 Å². The van der Waals surface area contributed by atoms with Crippen molar-refractivity contribution in [2.45, 2.75) is 13.0 Å². The zero-order chi connectivity index (χ0) is 18.0. The van der Waals surface area contributed by atoms with E-state index in [1.54, 1.807) is 48.5 Å². The molecular weight excluding hydrogens is 338 g/mol. The lowest BCUT2D eigenvalue weighted by Gasteiger charge is -2.26. The van der Waals surface area contributed by atoms with Crippen molar-refractivity contribution < 1.29 is 4.79 Å². The van der Waals surface area contributed by atoms with Crippen molar-refractivity contribution in [2.24, 2.45) is 0 Å². The maximum atomic E-state index is 12.5. The van der Waals surface area contributed by atoms with Crippen LogP contribution >= 0.6 is 11.6 Å². The molecular formula is C19H18ClN3O2. The van der Waals surface area contributed by atoms with Crippen LogP contribution in [0.25, 0.3) is 10.8 Å². The summed E-state index contributed by atoms with van der Waals surface area (Å²) in [6, 6.07) is 13.8. The van der Waals surface area contributed by atoms with Crippen LogP contribution in [0.3, 0.4) is 0 Å². The summed E-state index contributed by atoms with van der Waals surface area (Å²) in [7, 11) is 1.72. The number of nitrogens with zero attached hydrogens (tertiary/aromatic N) is 1. The second-order valence-electron chi connectivity index (χ2n) is 5.84. The van der Waals surface area contributed by atoms with Gasteiger partial charge in [0.2, 0.25) is 0 Å². The first-order chi connectivity index (χ1) is 12.0. The first kappa shape index (κ1) is 17.0. The predicted octanol–water partition coefficient (Wildman–Crippen LogP) is 4.41. The van der Waals surface area contributed by atoms with E-state index in [4.69, 9.17) is 11.6 Å². The largest absolute Gasteiger partial charge is 0.328 e. The Hall–Kier alpha value is -2.79. The van der Waals surface area contributed by atoms with E-state index in [1.807, 2.05) is 25.1 Å². The van der Waals surface area contributed by atoms with Crippen LogP contribution in [0.15, 0.2) is 59.5 Å². The number of rotatable bonds is 3. The monoisotopic (exact) mass is 355 g/mol. The quantitative estimate of drug-likeness (QED) is 0.731. The number of amides is 2. The lowest BCUT2D eigenvalue weighted by Crippen LogP contribution is -2.34. The number of hydrogen-bond donors (Lipinski definition) is 2. The average Bonchev–Trinajstić information content (AvgIpc) is 2.63. The second-order valence-corrected chi connectivity index (χ2v) is 6.28. The van der Waals surface area contributed by atoms with Crippen molar-refractivity contribution in [1.82, 2.24) is 9.88 Å². The van der Waals surface area contributed by atoms with Crippen LogP contribution in [-0.2, 0) is 0 Å². The molecule has 25 heavy (non-hydrogen) atoms. The fourth-order valence-corrected chi connectivity index (χ4v) is 2.83. The summed E-state index contributed by atoms with van der Waals surface area (Å²) in [5.41, 5.74) is 1.41. The number of fused-ring (bicyclic) bond motifs is 1. The Labute approximate surface area is 150 Å². The summed E-state index contributed by atoms with van der Waals surface area (Å²) in [6.45, 7) is 1.92. The third-order valence-corrected chi connectivity index (χ3v) is 4.54. The van der Waals surface area contributed by atoms with Crippen molar-refractivity contribution >= 4 is 34.1 Å². The number of pyridine rings is 1. The summed E-state index contributed by atoms with van der Waals surface area (Å²) >= 11 is 5.86. The third-order valence-electron chi connectivity index (χ3n) is 4.29. The number of anilines is 1. The summed E-state index contributed by atoms with van der Waals surface area (Å²) in [5.74, 6) is 0. The fourth-order valence-electron chi connectivity index (χ4n) is 2.71. The molecule has 0 aliphatic heterocycles. The molecule has 0 radical (unpaired) electrons. The Morgan fingerprint density at radius 3 is 2.44 bits per heavy atom. The number of carbonyl (C=O) groups is 1. The van der Waals surface area contributed by atoms with E-state index in [0.29, 0.717) is 16.1 Å². The highest BCUT2D eigenvalue weighted by Crippen LogP contribution is 2.25. The van der Waals surface area contributed by atoms with Crippen LogP contribution in [-0.4, -0.2) is 23.0 Å². The normalized spacial score (nSPS) is 12.0. The van der Waals surface area contributed by atoms with Gasteiger partial charge in [-0.2, -0.15) is 0 Å². The maximum absolute atomic E-state index is 12.5. The highest BCUT2D eigenvalue weighted by atomic mass is 35.5. The minimum atomic E-state index is -0.245. The number of H-pyrrole nitrogens is 1. The molecule has 1 unspecified atom stereocenters. The minimum absolute atomic E-state index is 0.139. The molecule has 2 aromatic carbocycles. The van der Waals surface area contributed by atoms with Gasteiger partial charge in [-0.05, 0) is 48.2 Å². The molecule has 2 amide bonds. The summed E-state index contributed by atoms with van der Waals surface area (Å²) in [5, 5.41) is 4.89. The molecule has 0 spiro atoms. The van der Waals surface area contributed by atoms with Crippen LogP contribution < -0.4 is 10.9 Å². The molecule has 0 aliphatic carbocycles. The summed E-state index contributed by atoms with van der Waals surface area (Å²) < 4.78 is 0. The predicted molar refractivity (Wildman–Crippen MR) is 101 cm³/mol. The standard InChI is InChI=1S/C19H18ClN3O2/c1-12(17-11-21-18(24)16-6-4-3-5-15(16)17)23(2)19(25)22-14-9-7-13(20)8-10-14/h3-12H,1-2H3,(H,21,24)(H,22,25). The van der Waals surface area contributed by atoms with E-state index in [9.17, 15) is 9.59 Å². The smallest absolute Gasteiger partial charge is 0.322 e. The zero-order valence-electron chi connectivity index (χ0n) is 13.9. The molecule has 1 heterocycles. The number of halogens is 1. The van der Waals surface area contributed by atoms with Gasteiger partial charge in [-0.1, -0.05) is 29.8 Å². The highest BCUT2D eigenvalue weighted by molar-refractivity contribution is 6.30. The Bertz CT molecular complexity index is 966. The number of aromatic amines is 1. The van der Waals surface area contributed by atoms with Crippen molar-refractivity contribution in [3.05, 3.63) is 75.7 Å². The lowest BCUT2D eigenvalue weighted by molar-refractivity contribution is 0.208. The molecule has 128 valence electrons. The Morgan fingerprint density at radius 1 is 1.12 bits per heavy atom. The van der Waals surface area contributed by atoms with Crippen LogP contribution in [0.2, 0.25) is 5.02 Å². The average molecular weight is 356 g/mol. The fraction of sp³-hybridized carbons (Fsp3) is 0.158. The topological polar surface area (TPSA) is 65.2 Å². The van der Waals surface area contributed by atoms with Gasteiger partial charge in [-0.25, -0.2) is 4.79 Å². The molecule has 3 rings (SSSR count). The van der Waals surface area contributed by atoms with Gasteiger partial charge in [-0.3, -0.25) is 4.79 Å². The first-order valence-corrected chi connectivity index (χ1v) is 8.25. The maximum Gasteiger partial charge on any atom is 0.322 e. The van der Waals surface area contributed by atoms with Crippen LogP contribution in [0, 0.1) is 0 Å². The van der Waals surface area contributed by atoms with Gasteiger partial charge in [-0.15, -0.1) is 0 Å². The van der Waals surface area contributed by atoms with Crippen LogP contribution in [0.5, 0.6) is 0 Å². The molecule has 1 aromatic heterocycles. The Morgan fingerprint density at radius 2 is 1.76 bits per heavy atom. The zero-order valence-corrected chi connectivity index (χ0v) is 14.7. The van der Waals surface area contributed by atoms with Gasteiger partial charge >= 0.3 is 6.03 Å². The number of urea groups is 1. The number of benzene rings is 2. The van der Waals surface area contributed by atoms with Gasteiger partial charge < -0.3 is 15.2 Å². The van der Waals surface area contributed by atoms with Crippen LogP contribution in [0.4, 0.5) is 10.5 Å². The van der Waals surface area contributed by atoms with Gasteiger partial charge in [0.25, 0.3) is 5.56 Å². The number of aromatic nitrogens is 1. The molecule has 0 saturated heterocycles. The molecule has 3 aromatic rings. The summed E-state index contributed by atoms with van der Waals surface area (Å²) in [6.07, 6.45) is 1.67. The second kappa shape index (κ2) is 6.99. The number of carbonyl (C=O) groups excluding carboxylic acids is 1. The molecule has 2 N–H and O–H groups in total.